The lowest BCUT2D eigenvalue weighted by molar-refractivity contribution is 0.460. The van der Waals surface area contributed by atoms with Crippen molar-refractivity contribution in [3.63, 3.8) is 0 Å². The van der Waals surface area contributed by atoms with Crippen molar-refractivity contribution >= 4 is 51.5 Å². The van der Waals surface area contributed by atoms with Gasteiger partial charge < -0.3 is 18.9 Å². The van der Waals surface area contributed by atoms with E-state index in [0.717, 1.165) is 42.3 Å². The Hall–Kier alpha value is -7.74. The summed E-state index contributed by atoms with van der Waals surface area (Å²) >= 11 is 7.14. The molecular weight excluding hydrogens is 1070 g/mol. The molecule has 0 aliphatic heterocycles. The third-order valence-corrected chi connectivity index (χ3v) is 15.9. The number of hydrogen-bond donors (Lipinski definition) is 0. The van der Waals surface area contributed by atoms with Crippen molar-refractivity contribution in [1.29, 1.82) is 0 Å². The third-order valence-electron chi connectivity index (χ3n) is 11.4. The number of halogens is 2. The fourth-order valence-electron chi connectivity index (χ4n) is 7.89. The first-order valence-corrected chi connectivity index (χ1v) is 27.0. The Morgan fingerprint density at radius 2 is 0.472 bits per heavy atom. The van der Waals surface area contributed by atoms with Gasteiger partial charge in [-0.05, 0) is 179 Å². The lowest BCUT2D eigenvalue weighted by atomic mass is 10.1. The van der Waals surface area contributed by atoms with Crippen LogP contribution in [0, 0.1) is 0 Å². The highest BCUT2D eigenvalue weighted by Crippen LogP contribution is 2.38. The lowest BCUT2D eigenvalue weighted by Gasteiger charge is -2.13. The smallest absolute Gasteiger partial charge is 0.206 e. The molecule has 0 unspecified atom stereocenters. The zero-order valence-electron chi connectivity index (χ0n) is 37.9. The number of ether oxygens (including phenoxy) is 4. The van der Waals surface area contributed by atoms with Crippen molar-refractivity contribution in [2.75, 3.05) is 0 Å². The molecule has 12 heteroatoms. The van der Waals surface area contributed by atoms with E-state index in [9.17, 15) is 16.8 Å². The molecular formula is C60H40Br2O8S2. The van der Waals surface area contributed by atoms with Crippen molar-refractivity contribution in [2.45, 2.75) is 19.6 Å². The van der Waals surface area contributed by atoms with Crippen molar-refractivity contribution in [3.8, 4) is 79.4 Å². The fraction of sp³-hybridized carbons (Fsp3) is 0. The van der Waals surface area contributed by atoms with E-state index in [1.54, 1.807) is 54.6 Å². The zero-order valence-corrected chi connectivity index (χ0v) is 42.7. The zero-order chi connectivity index (χ0) is 49.7. The molecule has 10 aromatic carbocycles. The van der Waals surface area contributed by atoms with E-state index in [4.69, 9.17) is 18.9 Å². The van der Waals surface area contributed by atoms with Crippen molar-refractivity contribution in [2.24, 2.45) is 0 Å². The SMILES string of the molecule is O=S(=O)(c1ccc(Oc2cc(Br)cc(-c3ccccc3)c2)cc1)c1ccc(Oc2cc(Oc3ccc(S(=O)(=O)c4ccc(Oc5cc(Br)cc(-c6ccccc6)c5)cc4)cc3)cc(-c3ccccc3)c2)cc1. The summed E-state index contributed by atoms with van der Waals surface area (Å²) in [6, 6.07) is 71.7. The highest BCUT2D eigenvalue weighted by molar-refractivity contribution is 9.10. The maximum Gasteiger partial charge on any atom is 0.206 e. The van der Waals surface area contributed by atoms with E-state index in [2.05, 4.69) is 31.9 Å². The molecule has 0 bridgehead atoms. The Bertz CT molecular complexity index is 3520. The summed E-state index contributed by atoms with van der Waals surface area (Å²) in [6.45, 7) is 0. The molecule has 10 rings (SSSR count). The van der Waals surface area contributed by atoms with Gasteiger partial charge in [0.05, 0.1) is 19.6 Å². The second-order valence-corrected chi connectivity index (χ2v) is 22.2. The molecule has 0 atom stereocenters. The molecule has 0 fully saturated rings. The summed E-state index contributed by atoms with van der Waals surface area (Å²) < 4.78 is 81.6. The number of hydrogen-bond acceptors (Lipinski definition) is 8. The summed E-state index contributed by atoms with van der Waals surface area (Å²) in [7, 11) is -7.77. The standard InChI is InChI=1S/C60H40Br2O8S2/c61-47-32-44(41-10-4-1-5-11-41)34-53(38-47)67-49-16-24-57(25-17-49)71(63,64)59-28-20-51(21-29-59)69-55-36-46(43-14-8-3-9-15-43)37-56(40-55)70-52-22-30-60(31-23-52)72(65,66)58-26-18-50(19-27-58)68-54-35-45(33-48(62)39-54)42-12-6-2-7-13-42/h1-40H. The van der Waals surface area contributed by atoms with Crippen LogP contribution in [-0.4, -0.2) is 16.8 Å². The van der Waals surface area contributed by atoms with E-state index < -0.39 is 19.7 Å². The van der Waals surface area contributed by atoms with Crippen molar-refractivity contribution in [1.82, 2.24) is 0 Å². The van der Waals surface area contributed by atoms with Crippen molar-refractivity contribution in [3.05, 3.63) is 252 Å². The van der Waals surface area contributed by atoms with Gasteiger partial charge in [-0.1, -0.05) is 123 Å². The number of rotatable bonds is 15. The Kier molecular flexibility index (Phi) is 13.9. The van der Waals surface area contributed by atoms with Crippen molar-refractivity contribution < 1.29 is 35.8 Å². The minimum absolute atomic E-state index is 0.0935. The van der Waals surface area contributed by atoms with Gasteiger partial charge >= 0.3 is 0 Å². The highest BCUT2D eigenvalue weighted by Gasteiger charge is 2.20. The predicted molar refractivity (Wildman–Crippen MR) is 288 cm³/mol. The molecule has 0 saturated carbocycles. The van der Waals surface area contributed by atoms with Crippen LogP contribution in [0.2, 0.25) is 0 Å². The maximum atomic E-state index is 13.8. The second kappa shape index (κ2) is 20.9. The monoisotopic (exact) mass is 1110 g/mol. The van der Waals surface area contributed by atoms with Crippen LogP contribution in [0.4, 0.5) is 0 Å². The minimum atomic E-state index is -3.89. The number of sulfone groups is 2. The number of benzene rings is 10. The van der Waals surface area contributed by atoms with Gasteiger partial charge in [0.15, 0.2) is 0 Å². The molecule has 8 nitrogen and oxygen atoms in total. The second-order valence-electron chi connectivity index (χ2n) is 16.4. The highest BCUT2D eigenvalue weighted by atomic mass is 79.9. The maximum absolute atomic E-state index is 13.8. The van der Waals surface area contributed by atoms with Gasteiger partial charge in [-0.15, -0.1) is 0 Å². The summed E-state index contributed by atoms with van der Waals surface area (Å²) in [4.78, 5) is 0.411. The molecule has 0 amide bonds. The first kappa shape index (κ1) is 47.9. The molecule has 354 valence electrons. The summed E-state index contributed by atoms with van der Waals surface area (Å²) in [5, 5.41) is 0. The van der Waals surface area contributed by atoms with Gasteiger partial charge in [0, 0.05) is 15.0 Å². The van der Waals surface area contributed by atoms with Crippen LogP contribution < -0.4 is 18.9 Å². The van der Waals surface area contributed by atoms with Crippen LogP contribution in [-0.2, 0) is 19.7 Å². The van der Waals surface area contributed by atoms with E-state index >= 15 is 0 Å². The van der Waals surface area contributed by atoms with Crippen LogP contribution in [0.1, 0.15) is 0 Å². The van der Waals surface area contributed by atoms with Crippen LogP contribution in [0.15, 0.2) is 271 Å². The van der Waals surface area contributed by atoms with Crippen LogP contribution in [0.25, 0.3) is 33.4 Å². The summed E-state index contributed by atoms with van der Waals surface area (Å²) in [6.07, 6.45) is 0. The first-order chi connectivity index (χ1) is 34.9. The molecule has 0 aliphatic rings. The van der Waals surface area contributed by atoms with E-state index in [1.165, 1.54) is 48.5 Å². The van der Waals surface area contributed by atoms with Gasteiger partial charge in [0.2, 0.25) is 19.7 Å². The first-order valence-electron chi connectivity index (χ1n) is 22.5. The fourth-order valence-corrected chi connectivity index (χ4v) is 11.4. The topological polar surface area (TPSA) is 105 Å². The average molecular weight is 1110 g/mol. The van der Waals surface area contributed by atoms with E-state index in [-0.39, 0.29) is 19.6 Å². The molecule has 0 N–H and O–H groups in total. The largest absolute Gasteiger partial charge is 0.457 e. The molecule has 0 heterocycles. The summed E-state index contributed by atoms with van der Waals surface area (Å²) in [5.74, 6) is 3.85. The van der Waals surface area contributed by atoms with E-state index in [1.807, 2.05) is 140 Å². The molecule has 0 radical (unpaired) electrons. The Labute approximate surface area is 434 Å². The quantitative estimate of drug-likeness (QED) is 0.1000. The van der Waals surface area contributed by atoms with Gasteiger partial charge in [-0.2, -0.15) is 0 Å². The normalized spacial score (nSPS) is 11.4. The third kappa shape index (κ3) is 11.2. The Morgan fingerprint density at radius 1 is 0.236 bits per heavy atom. The van der Waals surface area contributed by atoms with Gasteiger partial charge in [0.25, 0.3) is 0 Å². The van der Waals surface area contributed by atoms with Crippen LogP contribution >= 0.6 is 31.9 Å². The Balaban J connectivity index is 0.815. The average Bonchev–Trinajstić information content (AvgIpc) is 3.40. The molecule has 0 saturated heterocycles. The van der Waals surface area contributed by atoms with Crippen LogP contribution in [0.3, 0.4) is 0 Å². The molecule has 0 aromatic heterocycles. The lowest BCUT2D eigenvalue weighted by Crippen LogP contribution is -2.02. The Morgan fingerprint density at radius 3 is 0.736 bits per heavy atom. The van der Waals surface area contributed by atoms with Gasteiger partial charge in [0.1, 0.15) is 46.0 Å². The minimum Gasteiger partial charge on any atom is -0.457 e. The predicted octanol–water partition coefficient (Wildman–Crippen LogP) is 17.0. The molecule has 0 aliphatic carbocycles. The van der Waals surface area contributed by atoms with Gasteiger partial charge in [-0.25, -0.2) is 16.8 Å². The van der Waals surface area contributed by atoms with E-state index in [0.29, 0.717) is 46.0 Å². The molecule has 72 heavy (non-hydrogen) atoms. The van der Waals surface area contributed by atoms with Gasteiger partial charge in [-0.3, -0.25) is 0 Å². The molecule has 0 spiro atoms. The molecule has 10 aromatic rings. The summed E-state index contributed by atoms with van der Waals surface area (Å²) in [5.41, 5.74) is 5.75. The van der Waals surface area contributed by atoms with Crippen LogP contribution in [0.5, 0.6) is 46.0 Å².